The molecule has 128 valence electrons. The Balaban J connectivity index is 2.12. The minimum absolute atomic E-state index is 0.403. The highest BCUT2D eigenvalue weighted by atomic mass is 32.2. The van der Waals surface area contributed by atoms with Crippen molar-refractivity contribution in [2.75, 3.05) is 29.2 Å². The van der Waals surface area contributed by atoms with E-state index in [-0.39, 0.29) is 0 Å². The lowest BCUT2D eigenvalue weighted by Gasteiger charge is -2.26. The minimum atomic E-state index is -0.524. The number of thioether (sulfide) groups is 1. The number of carbonyl (C=O) groups excluding carboxylic acids is 1. The van der Waals surface area contributed by atoms with Crippen molar-refractivity contribution in [1.29, 1.82) is 0 Å². The molecule has 2 N–H and O–H groups in total. The summed E-state index contributed by atoms with van der Waals surface area (Å²) in [6, 6.07) is 5.97. The number of carbonyl (C=O) groups is 1. The highest BCUT2D eigenvalue weighted by Gasteiger charge is 2.19. The molecule has 0 aliphatic carbocycles. The summed E-state index contributed by atoms with van der Waals surface area (Å²) in [5.74, 6) is 3.05. The standard InChI is InChI=1S/C17H26N2O3S/c1-17(2,3)22-16(20)19-14-8-7-13(21-4)10-15(14)18-12-6-5-9-23-11-12/h7-8,10,12,18H,5-6,9,11H2,1-4H3,(H,19,20). The number of anilines is 2. The first-order valence-corrected chi connectivity index (χ1v) is 9.05. The number of nitrogens with one attached hydrogen (secondary N) is 2. The fraction of sp³-hybridized carbons (Fsp3) is 0.588. The summed E-state index contributed by atoms with van der Waals surface area (Å²) in [7, 11) is 1.64. The zero-order chi connectivity index (χ0) is 16.9. The molecular formula is C17H26N2O3S. The second kappa shape index (κ2) is 7.81. The molecule has 0 bridgehead atoms. The van der Waals surface area contributed by atoms with Crippen molar-refractivity contribution in [1.82, 2.24) is 0 Å². The second-order valence-electron chi connectivity index (χ2n) is 6.60. The van der Waals surface area contributed by atoms with Crippen LogP contribution in [0.2, 0.25) is 0 Å². The molecule has 1 saturated heterocycles. The SMILES string of the molecule is COc1ccc(NC(=O)OC(C)(C)C)c(NC2CCCSC2)c1. The van der Waals surface area contributed by atoms with Crippen LogP contribution in [0.15, 0.2) is 18.2 Å². The van der Waals surface area contributed by atoms with Gasteiger partial charge in [0.25, 0.3) is 0 Å². The van der Waals surface area contributed by atoms with Gasteiger partial charge in [-0.1, -0.05) is 0 Å². The van der Waals surface area contributed by atoms with Crippen molar-refractivity contribution < 1.29 is 14.3 Å². The first kappa shape index (κ1) is 17.8. The molecule has 1 aliphatic rings. The van der Waals surface area contributed by atoms with E-state index in [1.807, 2.05) is 50.7 Å². The molecule has 0 radical (unpaired) electrons. The molecule has 1 amide bonds. The molecule has 1 aliphatic heterocycles. The second-order valence-corrected chi connectivity index (χ2v) is 7.75. The van der Waals surface area contributed by atoms with Crippen LogP contribution in [0.25, 0.3) is 0 Å². The van der Waals surface area contributed by atoms with Crippen molar-refractivity contribution in [2.24, 2.45) is 0 Å². The first-order chi connectivity index (χ1) is 10.9. The zero-order valence-electron chi connectivity index (χ0n) is 14.3. The molecule has 1 atom stereocenters. The summed E-state index contributed by atoms with van der Waals surface area (Å²) in [5, 5.41) is 6.34. The molecule has 0 aromatic heterocycles. The van der Waals surface area contributed by atoms with Crippen molar-refractivity contribution in [3.8, 4) is 5.75 Å². The van der Waals surface area contributed by atoms with Crippen molar-refractivity contribution in [3.05, 3.63) is 18.2 Å². The maximum Gasteiger partial charge on any atom is 0.412 e. The van der Waals surface area contributed by atoms with Crippen LogP contribution in [0, 0.1) is 0 Å². The molecule has 1 heterocycles. The number of ether oxygens (including phenoxy) is 2. The molecule has 0 spiro atoms. The quantitative estimate of drug-likeness (QED) is 0.855. The van der Waals surface area contributed by atoms with Gasteiger partial charge < -0.3 is 14.8 Å². The highest BCUT2D eigenvalue weighted by molar-refractivity contribution is 7.99. The van der Waals surface area contributed by atoms with Crippen LogP contribution in [0.4, 0.5) is 16.2 Å². The van der Waals surface area contributed by atoms with Gasteiger partial charge in [-0.3, -0.25) is 5.32 Å². The number of amides is 1. The van der Waals surface area contributed by atoms with E-state index >= 15 is 0 Å². The van der Waals surface area contributed by atoms with Gasteiger partial charge >= 0.3 is 6.09 Å². The number of hydrogen-bond acceptors (Lipinski definition) is 5. The van der Waals surface area contributed by atoms with Gasteiger partial charge in [-0.25, -0.2) is 4.79 Å². The Bertz CT molecular complexity index is 537. The van der Waals surface area contributed by atoms with Crippen LogP contribution >= 0.6 is 11.8 Å². The number of hydrogen-bond donors (Lipinski definition) is 2. The van der Waals surface area contributed by atoms with Crippen molar-refractivity contribution in [2.45, 2.75) is 45.3 Å². The van der Waals surface area contributed by atoms with Crippen LogP contribution < -0.4 is 15.4 Å². The average Bonchev–Trinajstić information content (AvgIpc) is 2.48. The maximum absolute atomic E-state index is 12.0. The zero-order valence-corrected chi connectivity index (χ0v) is 15.1. The lowest BCUT2D eigenvalue weighted by atomic mass is 10.1. The Morgan fingerprint density at radius 3 is 2.70 bits per heavy atom. The average molecular weight is 338 g/mol. The lowest BCUT2D eigenvalue weighted by molar-refractivity contribution is 0.0636. The van der Waals surface area contributed by atoms with E-state index < -0.39 is 11.7 Å². The predicted octanol–water partition coefficient (Wildman–Crippen LogP) is 4.35. The Hall–Kier alpha value is -1.56. The van der Waals surface area contributed by atoms with E-state index in [1.165, 1.54) is 12.2 Å². The van der Waals surface area contributed by atoms with Crippen LogP contribution in [-0.2, 0) is 4.74 Å². The Kier molecular flexibility index (Phi) is 6.04. The number of rotatable bonds is 4. The third kappa shape index (κ3) is 5.86. The monoisotopic (exact) mass is 338 g/mol. The van der Waals surface area contributed by atoms with Gasteiger partial charge in [-0.2, -0.15) is 11.8 Å². The third-order valence-electron chi connectivity index (χ3n) is 3.38. The largest absolute Gasteiger partial charge is 0.497 e. The molecule has 6 heteroatoms. The first-order valence-electron chi connectivity index (χ1n) is 7.90. The molecule has 1 aromatic rings. The Morgan fingerprint density at radius 1 is 1.30 bits per heavy atom. The predicted molar refractivity (Wildman–Crippen MR) is 96.8 cm³/mol. The number of benzene rings is 1. The molecule has 5 nitrogen and oxygen atoms in total. The van der Waals surface area contributed by atoms with Crippen LogP contribution in [-0.4, -0.2) is 36.4 Å². The molecule has 1 unspecified atom stereocenters. The summed E-state index contributed by atoms with van der Waals surface area (Å²) < 4.78 is 10.6. The lowest BCUT2D eigenvalue weighted by Crippen LogP contribution is -2.29. The molecule has 23 heavy (non-hydrogen) atoms. The molecule has 1 fully saturated rings. The van der Waals surface area contributed by atoms with E-state index in [0.717, 1.165) is 23.6 Å². The number of methoxy groups -OCH3 is 1. The van der Waals surface area contributed by atoms with Gasteiger partial charge in [-0.05, 0) is 51.5 Å². The topological polar surface area (TPSA) is 59.6 Å². The maximum atomic E-state index is 12.0. The molecule has 0 saturated carbocycles. The van der Waals surface area contributed by atoms with Crippen LogP contribution in [0.5, 0.6) is 5.75 Å². The summed E-state index contributed by atoms with van der Waals surface area (Å²) in [5.41, 5.74) is 1.04. The van der Waals surface area contributed by atoms with Gasteiger partial charge in [0.15, 0.2) is 0 Å². The molecule has 1 aromatic carbocycles. The van der Waals surface area contributed by atoms with Crippen molar-refractivity contribution in [3.63, 3.8) is 0 Å². The van der Waals surface area contributed by atoms with E-state index in [1.54, 1.807) is 7.11 Å². The van der Waals surface area contributed by atoms with E-state index in [4.69, 9.17) is 9.47 Å². The fourth-order valence-electron chi connectivity index (χ4n) is 2.37. The summed E-state index contributed by atoms with van der Waals surface area (Å²) in [4.78, 5) is 12.0. The fourth-order valence-corrected chi connectivity index (χ4v) is 3.44. The van der Waals surface area contributed by atoms with Gasteiger partial charge in [0.2, 0.25) is 0 Å². The van der Waals surface area contributed by atoms with Crippen LogP contribution in [0.1, 0.15) is 33.6 Å². The summed E-state index contributed by atoms with van der Waals surface area (Å²) in [6.07, 6.45) is 1.89. The van der Waals surface area contributed by atoms with Crippen LogP contribution in [0.3, 0.4) is 0 Å². The summed E-state index contributed by atoms with van der Waals surface area (Å²) in [6.45, 7) is 5.54. The third-order valence-corrected chi connectivity index (χ3v) is 4.60. The van der Waals surface area contributed by atoms with E-state index in [0.29, 0.717) is 11.7 Å². The van der Waals surface area contributed by atoms with Gasteiger partial charge in [-0.15, -0.1) is 0 Å². The minimum Gasteiger partial charge on any atom is -0.497 e. The van der Waals surface area contributed by atoms with Gasteiger partial charge in [0, 0.05) is 17.9 Å². The van der Waals surface area contributed by atoms with Gasteiger partial charge in [0.05, 0.1) is 18.5 Å². The van der Waals surface area contributed by atoms with E-state index in [9.17, 15) is 4.79 Å². The Labute approximate surface area is 142 Å². The normalized spacial score (nSPS) is 18.2. The Morgan fingerprint density at radius 2 is 2.09 bits per heavy atom. The van der Waals surface area contributed by atoms with E-state index in [2.05, 4.69) is 10.6 Å². The molecular weight excluding hydrogens is 312 g/mol. The molecule has 2 rings (SSSR count). The highest BCUT2D eigenvalue weighted by Crippen LogP contribution is 2.30. The van der Waals surface area contributed by atoms with Gasteiger partial charge in [0.1, 0.15) is 11.4 Å². The van der Waals surface area contributed by atoms with Crippen molar-refractivity contribution >= 4 is 29.2 Å². The smallest absolute Gasteiger partial charge is 0.412 e. The summed E-state index contributed by atoms with van der Waals surface area (Å²) >= 11 is 1.95.